The summed E-state index contributed by atoms with van der Waals surface area (Å²) in [5.74, 6) is -0.122. The van der Waals surface area contributed by atoms with E-state index in [1.165, 1.54) is 0 Å². The molecule has 0 aliphatic rings. The van der Waals surface area contributed by atoms with E-state index in [0.717, 1.165) is 12.0 Å². The molecule has 0 aliphatic carbocycles. The number of benzene rings is 2. The zero-order valence-corrected chi connectivity index (χ0v) is 14.0. The molecule has 4 nitrogen and oxygen atoms in total. The summed E-state index contributed by atoms with van der Waals surface area (Å²) in [4.78, 5) is 14.9. The van der Waals surface area contributed by atoms with Gasteiger partial charge >= 0.3 is 0 Å². The number of amides is 1. The van der Waals surface area contributed by atoms with E-state index in [9.17, 15) is 14.1 Å². The third-order valence-corrected chi connectivity index (χ3v) is 4.54. The molecule has 0 aromatic heterocycles. The van der Waals surface area contributed by atoms with Crippen LogP contribution in [0, 0.1) is 0 Å². The lowest BCUT2D eigenvalue weighted by molar-refractivity contribution is 0.0724. The Morgan fingerprint density at radius 1 is 1.04 bits per heavy atom. The number of carbonyl (C=O) groups excluding carboxylic acids is 1. The predicted octanol–water partition coefficient (Wildman–Crippen LogP) is 2.10. The van der Waals surface area contributed by atoms with E-state index in [0.29, 0.717) is 23.5 Å². The molecule has 0 fully saturated rings. The molecular weight excluding hydrogens is 310 g/mol. The van der Waals surface area contributed by atoms with Crippen LogP contribution < -0.4 is 0 Å². The third kappa shape index (κ3) is 5.01. The van der Waals surface area contributed by atoms with Crippen molar-refractivity contribution in [1.29, 1.82) is 0 Å². The second-order valence-corrected chi connectivity index (χ2v) is 6.61. The quantitative estimate of drug-likeness (QED) is 0.845. The fourth-order valence-electron chi connectivity index (χ4n) is 2.32. The molecule has 2 aromatic rings. The van der Waals surface area contributed by atoms with Gasteiger partial charge in [0.2, 0.25) is 0 Å². The van der Waals surface area contributed by atoms with E-state index in [-0.39, 0.29) is 12.5 Å². The molecule has 0 spiro atoms. The molecule has 1 amide bonds. The summed E-state index contributed by atoms with van der Waals surface area (Å²) in [6.45, 7) is 0.773. The Labute approximate surface area is 139 Å². The van der Waals surface area contributed by atoms with Crippen LogP contribution >= 0.6 is 0 Å². The van der Waals surface area contributed by atoms with E-state index in [1.54, 1.807) is 35.4 Å². The van der Waals surface area contributed by atoms with Gasteiger partial charge in [0.25, 0.3) is 5.91 Å². The Balaban J connectivity index is 2.06. The van der Waals surface area contributed by atoms with Crippen LogP contribution in [0.2, 0.25) is 0 Å². The topological polar surface area (TPSA) is 57.6 Å². The second kappa shape index (κ2) is 8.60. The molecule has 5 heteroatoms. The molecule has 0 heterocycles. The van der Waals surface area contributed by atoms with Gasteiger partial charge in [0.05, 0.1) is 6.61 Å². The van der Waals surface area contributed by atoms with E-state index >= 15 is 0 Å². The maximum atomic E-state index is 12.6. The van der Waals surface area contributed by atoms with Crippen molar-refractivity contribution in [3.05, 3.63) is 65.7 Å². The molecule has 0 radical (unpaired) electrons. The van der Waals surface area contributed by atoms with E-state index in [1.807, 2.05) is 30.3 Å². The van der Waals surface area contributed by atoms with Gasteiger partial charge in [-0.25, -0.2) is 0 Å². The smallest absolute Gasteiger partial charge is 0.253 e. The zero-order chi connectivity index (χ0) is 16.7. The Hall–Kier alpha value is -1.98. The van der Waals surface area contributed by atoms with Crippen LogP contribution in [0.5, 0.6) is 0 Å². The number of aliphatic hydroxyl groups is 1. The zero-order valence-electron chi connectivity index (χ0n) is 13.1. The summed E-state index contributed by atoms with van der Waals surface area (Å²) in [5, 5.41) is 9.21. The van der Waals surface area contributed by atoms with E-state index < -0.39 is 10.8 Å². The minimum absolute atomic E-state index is 0.0718. The molecule has 2 rings (SSSR count). The van der Waals surface area contributed by atoms with Gasteiger partial charge in [-0.1, -0.05) is 30.3 Å². The highest BCUT2D eigenvalue weighted by Crippen LogP contribution is 2.11. The standard InChI is InChI=1S/C18H21NO3S/c1-23(22)17-9-7-16(8-10-17)18(21)19(13-14-20)12-11-15-5-3-2-4-6-15/h2-10,20H,11-14H2,1H3. The van der Waals surface area contributed by atoms with Crippen LogP contribution in [0.15, 0.2) is 59.5 Å². The summed E-state index contributed by atoms with van der Waals surface area (Å²) in [5.41, 5.74) is 1.70. The van der Waals surface area contributed by atoms with Crippen molar-refractivity contribution in [3.63, 3.8) is 0 Å². The highest BCUT2D eigenvalue weighted by Gasteiger charge is 2.15. The molecule has 23 heavy (non-hydrogen) atoms. The van der Waals surface area contributed by atoms with Crippen molar-refractivity contribution >= 4 is 16.7 Å². The first-order chi connectivity index (χ1) is 11.1. The van der Waals surface area contributed by atoms with Gasteiger partial charge in [-0.05, 0) is 36.2 Å². The molecule has 1 N–H and O–H groups in total. The maximum absolute atomic E-state index is 12.6. The molecule has 0 aliphatic heterocycles. The van der Waals surface area contributed by atoms with Crippen LogP contribution in [0.1, 0.15) is 15.9 Å². The number of aliphatic hydroxyl groups excluding tert-OH is 1. The first-order valence-electron chi connectivity index (χ1n) is 7.49. The fourth-order valence-corrected chi connectivity index (χ4v) is 2.84. The van der Waals surface area contributed by atoms with Crippen molar-refractivity contribution in [3.8, 4) is 0 Å². The highest BCUT2D eigenvalue weighted by molar-refractivity contribution is 7.84. The van der Waals surface area contributed by atoms with Gasteiger partial charge in [0.1, 0.15) is 0 Å². The lowest BCUT2D eigenvalue weighted by Gasteiger charge is -2.22. The summed E-state index contributed by atoms with van der Waals surface area (Å²) < 4.78 is 11.4. The van der Waals surface area contributed by atoms with Crippen molar-refractivity contribution < 1.29 is 14.1 Å². The van der Waals surface area contributed by atoms with Crippen LogP contribution in [0.4, 0.5) is 0 Å². The lowest BCUT2D eigenvalue weighted by Crippen LogP contribution is -2.35. The molecule has 122 valence electrons. The molecule has 0 bridgehead atoms. The van der Waals surface area contributed by atoms with Crippen molar-refractivity contribution in [2.75, 3.05) is 26.0 Å². The molecule has 1 unspecified atom stereocenters. The first-order valence-corrected chi connectivity index (χ1v) is 9.05. The Bertz CT molecular complexity index is 656. The van der Waals surface area contributed by atoms with Gasteiger partial charge in [0.15, 0.2) is 0 Å². The highest BCUT2D eigenvalue weighted by atomic mass is 32.2. The molecule has 0 saturated carbocycles. The van der Waals surface area contributed by atoms with Crippen LogP contribution in [0.3, 0.4) is 0 Å². The average Bonchev–Trinajstić information content (AvgIpc) is 2.59. The SMILES string of the molecule is CS(=O)c1ccc(C(=O)N(CCO)CCc2ccccc2)cc1. The first kappa shape index (κ1) is 17.4. The fraction of sp³-hybridized carbons (Fsp3) is 0.278. The van der Waals surface area contributed by atoms with Gasteiger partial charge in [-0.2, -0.15) is 0 Å². The van der Waals surface area contributed by atoms with Crippen LogP contribution in [-0.2, 0) is 17.2 Å². The number of hydrogen-bond acceptors (Lipinski definition) is 3. The number of nitrogens with zero attached hydrogens (tertiary/aromatic N) is 1. The minimum atomic E-state index is -1.06. The van der Waals surface area contributed by atoms with E-state index in [2.05, 4.69) is 0 Å². The molecule has 1 atom stereocenters. The molecule has 0 saturated heterocycles. The van der Waals surface area contributed by atoms with Crippen LogP contribution in [-0.4, -0.2) is 46.1 Å². The van der Waals surface area contributed by atoms with Gasteiger partial charge in [0, 0.05) is 40.6 Å². The molecular formula is C18H21NO3S. The van der Waals surface area contributed by atoms with Gasteiger partial charge in [-0.15, -0.1) is 0 Å². The average molecular weight is 331 g/mol. The van der Waals surface area contributed by atoms with Crippen molar-refractivity contribution in [2.45, 2.75) is 11.3 Å². The van der Waals surface area contributed by atoms with Crippen molar-refractivity contribution in [2.24, 2.45) is 0 Å². The van der Waals surface area contributed by atoms with Gasteiger partial charge in [-0.3, -0.25) is 9.00 Å². The Kier molecular flexibility index (Phi) is 6.50. The Morgan fingerprint density at radius 2 is 1.70 bits per heavy atom. The summed E-state index contributed by atoms with van der Waals surface area (Å²) in [7, 11) is -1.06. The van der Waals surface area contributed by atoms with Gasteiger partial charge < -0.3 is 10.0 Å². The number of rotatable bonds is 7. The summed E-state index contributed by atoms with van der Waals surface area (Å²) >= 11 is 0. The van der Waals surface area contributed by atoms with Crippen molar-refractivity contribution in [1.82, 2.24) is 4.90 Å². The molecule has 2 aromatic carbocycles. The lowest BCUT2D eigenvalue weighted by atomic mass is 10.1. The number of carbonyl (C=O) groups is 1. The normalized spacial score (nSPS) is 11.9. The summed E-state index contributed by atoms with van der Waals surface area (Å²) in [6.07, 6.45) is 2.35. The maximum Gasteiger partial charge on any atom is 0.253 e. The number of hydrogen-bond donors (Lipinski definition) is 1. The monoisotopic (exact) mass is 331 g/mol. The Morgan fingerprint density at radius 3 is 2.26 bits per heavy atom. The third-order valence-electron chi connectivity index (χ3n) is 3.60. The minimum Gasteiger partial charge on any atom is -0.395 e. The van der Waals surface area contributed by atoms with E-state index in [4.69, 9.17) is 0 Å². The van der Waals surface area contributed by atoms with Crippen LogP contribution in [0.25, 0.3) is 0 Å². The predicted molar refractivity (Wildman–Crippen MR) is 91.9 cm³/mol. The largest absolute Gasteiger partial charge is 0.395 e. The second-order valence-electron chi connectivity index (χ2n) is 5.23. The summed E-state index contributed by atoms with van der Waals surface area (Å²) in [6, 6.07) is 16.7.